The summed E-state index contributed by atoms with van der Waals surface area (Å²) in [5.41, 5.74) is 7.56. The summed E-state index contributed by atoms with van der Waals surface area (Å²) in [7, 11) is 0. The summed E-state index contributed by atoms with van der Waals surface area (Å²) in [5, 5.41) is 11.1. The first-order valence-electron chi connectivity index (χ1n) is 7.53. The molecular formula is C16H16N8. The Balaban J connectivity index is 1.72. The minimum Gasteiger partial charge on any atom is -0.368 e. The highest BCUT2D eigenvalue weighted by molar-refractivity contribution is 5.86. The van der Waals surface area contributed by atoms with E-state index in [0.29, 0.717) is 18.0 Å². The van der Waals surface area contributed by atoms with E-state index in [4.69, 9.17) is 5.73 Å². The summed E-state index contributed by atoms with van der Waals surface area (Å²) in [4.78, 5) is 12.6. The molecule has 120 valence electrons. The number of H-pyrrole nitrogens is 1. The second-order valence-electron chi connectivity index (χ2n) is 5.43. The average Bonchev–Trinajstić information content (AvgIpc) is 3.26. The molecule has 8 nitrogen and oxygen atoms in total. The maximum atomic E-state index is 5.81. The third-order valence-electron chi connectivity index (χ3n) is 3.79. The molecule has 3 aromatic heterocycles. The number of hydrogen-bond acceptors (Lipinski definition) is 6. The molecule has 3 heterocycles. The number of nitrogens with zero attached hydrogens (tertiary/aromatic N) is 5. The van der Waals surface area contributed by atoms with Gasteiger partial charge < -0.3 is 15.6 Å². The lowest BCUT2D eigenvalue weighted by atomic mass is 10.1. The van der Waals surface area contributed by atoms with Crippen molar-refractivity contribution in [1.29, 1.82) is 0 Å². The van der Waals surface area contributed by atoms with E-state index in [0.717, 1.165) is 10.9 Å². The second-order valence-corrected chi connectivity index (χ2v) is 5.43. The maximum absolute atomic E-state index is 5.81. The Bertz CT molecular complexity index is 929. The molecule has 8 heteroatoms. The van der Waals surface area contributed by atoms with Gasteiger partial charge in [0.05, 0.1) is 24.0 Å². The highest BCUT2D eigenvalue weighted by Gasteiger charge is 2.16. The minimum atomic E-state index is -0.00667. The molecule has 24 heavy (non-hydrogen) atoms. The van der Waals surface area contributed by atoms with Gasteiger partial charge in [-0.15, -0.1) is 0 Å². The predicted molar refractivity (Wildman–Crippen MR) is 91.1 cm³/mol. The van der Waals surface area contributed by atoms with Gasteiger partial charge in [0.25, 0.3) is 0 Å². The number of anilines is 2. The number of nitrogens with one attached hydrogen (secondary N) is 2. The normalized spacial score (nSPS) is 12.3. The zero-order valence-electron chi connectivity index (χ0n) is 12.8. The van der Waals surface area contributed by atoms with Gasteiger partial charge in [0.15, 0.2) is 5.65 Å². The van der Waals surface area contributed by atoms with Crippen molar-refractivity contribution in [3.8, 4) is 0 Å². The molecule has 0 saturated carbocycles. The molecule has 0 fully saturated rings. The van der Waals surface area contributed by atoms with Crippen LogP contribution in [0.1, 0.15) is 11.6 Å². The quantitative estimate of drug-likeness (QED) is 0.518. The fourth-order valence-corrected chi connectivity index (χ4v) is 2.65. The molecule has 0 aliphatic heterocycles. The van der Waals surface area contributed by atoms with Crippen LogP contribution in [0.4, 0.5) is 11.8 Å². The standard InChI is InChI=1S/C16H16N8/c17-16-21-14(12-8-19-23-15(12)22-16)20-13(9-24-7-6-18-10-24)11-4-2-1-3-5-11/h1-8,10,13H,9H2,(H4,17,19,20,21,22,23)/t13-/m1/s1. The van der Waals surface area contributed by atoms with Gasteiger partial charge >= 0.3 is 0 Å². The highest BCUT2D eigenvalue weighted by Crippen LogP contribution is 2.25. The molecule has 4 aromatic rings. The molecule has 0 radical (unpaired) electrons. The van der Waals surface area contributed by atoms with Crippen LogP contribution in [0.3, 0.4) is 0 Å². The van der Waals surface area contributed by atoms with Gasteiger partial charge in [-0.25, -0.2) is 4.98 Å². The Morgan fingerprint density at radius 3 is 2.88 bits per heavy atom. The van der Waals surface area contributed by atoms with E-state index in [1.165, 1.54) is 0 Å². The average molecular weight is 320 g/mol. The molecular weight excluding hydrogens is 304 g/mol. The van der Waals surface area contributed by atoms with Gasteiger partial charge in [-0.1, -0.05) is 30.3 Å². The number of benzene rings is 1. The van der Waals surface area contributed by atoms with E-state index in [1.54, 1.807) is 18.7 Å². The highest BCUT2D eigenvalue weighted by atomic mass is 15.2. The second kappa shape index (κ2) is 5.99. The topological polar surface area (TPSA) is 110 Å². The smallest absolute Gasteiger partial charge is 0.224 e. The zero-order valence-corrected chi connectivity index (χ0v) is 12.8. The van der Waals surface area contributed by atoms with Crippen LogP contribution >= 0.6 is 0 Å². The summed E-state index contributed by atoms with van der Waals surface area (Å²) in [6.07, 6.45) is 7.17. The van der Waals surface area contributed by atoms with Gasteiger partial charge in [0.2, 0.25) is 5.95 Å². The molecule has 4 rings (SSSR count). The third-order valence-corrected chi connectivity index (χ3v) is 3.79. The Labute approximate surface area is 137 Å². The minimum absolute atomic E-state index is 0.00667. The fraction of sp³-hybridized carbons (Fsp3) is 0.125. The number of hydrogen-bond donors (Lipinski definition) is 3. The summed E-state index contributed by atoms with van der Waals surface area (Å²) in [6.45, 7) is 0.702. The van der Waals surface area contributed by atoms with Gasteiger partial charge in [0.1, 0.15) is 5.82 Å². The number of nitrogens with two attached hydrogens (primary N) is 1. The maximum Gasteiger partial charge on any atom is 0.224 e. The van der Waals surface area contributed by atoms with Crippen molar-refractivity contribution >= 4 is 22.8 Å². The largest absolute Gasteiger partial charge is 0.368 e. The van der Waals surface area contributed by atoms with Crippen LogP contribution in [-0.4, -0.2) is 29.7 Å². The van der Waals surface area contributed by atoms with Gasteiger partial charge in [-0.3, -0.25) is 5.10 Å². The lowest BCUT2D eigenvalue weighted by molar-refractivity contribution is 0.606. The number of imidazole rings is 1. The first-order chi connectivity index (χ1) is 11.8. The number of aromatic amines is 1. The van der Waals surface area contributed by atoms with E-state index in [2.05, 4.69) is 42.6 Å². The van der Waals surface area contributed by atoms with Crippen LogP contribution in [0, 0.1) is 0 Å². The van der Waals surface area contributed by atoms with Gasteiger partial charge in [-0.05, 0) is 5.56 Å². The zero-order chi connectivity index (χ0) is 16.4. The van der Waals surface area contributed by atoms with Crippen LogP contribution < -0.4 is 11.1 Å². The number of rotatable bonds is 5. The molecule has 0 spiro atoms. The van der Waals surface area contributed by atoms with Crippen molar-refractivity contribution in [3.05, 3.63) is 60.8 Å². The summed E-state index contributed by atoms with van der Waals surface area (Å²) in [5.74, 6) is 0.851. The molecule has 0 bridgehead atoms. The van der Waals surface area contributed by atoms with Crippen molar-refractivity contribution < 1.29 is 0 Å². The van der Waals surface area contributed by atoms with Crippen LogP contribution in [0.5, 0.6) is 0 Å². The molecule has 0 aliphatic rings. The Morgan fingerprint density at radius 2 is 2.08 bits per heavy atom. The van der Waals surface area contributed by atoms with E-state index in [1.807, 2.05) is 29.0 Å². The van der Waals surface area contributed by atoms with Crippen molar-refractivity contribution in [3.63, 3.8) is 0 Å². The van der Waals surface area contributed by atoms with E-state index in [9.17, 15) is 0 Å². The Kier molecular flexibility index (Phi) is 3.54. The molecule has 0 unspecified atom stereocenters. The first kappa shape index (κ1) is 14.2. The fourth-order valence-electron chi connectivity index (χ4n) is 2.65. The first-order valence-corrected chi connectivity index (χ1v) is 7.53. The lowest BCUT2D eigenvalue weighted by Crippen LogP contribution is -2.18. The van der Waals surface area contributed by atoms with Crippen molar-refractivity contribution in [2.75, 3.05) is 11.1 Å². The van der Waals surface area contributed by atoms with Crippen molar-refractivity contribution in [2.24, 2.45) is 0 Å². The molecule has 0 saturated heterocycles. The van der Waals surface area contributed by atoms with Crippen LogP contribution in [0.15, 0.2) is 55.2 Å². The lowest BCUT2D eigenvalue weighted by Gasteiger charge is -2.20. The molecule has 0 amide bonds. The van der Waals surface area contributed by atoms with E-state index >= 15 is 0 Å². The summed E-state index contributed by atoms with van der Waals surface area (Å²) >= 11 is 0. The number of fused-ring (bicyclic) bond motifs is 1. The van der Waals surface area contributed by atoms with Crippen LogP contribution in [0.2, 0.25) is 0 Å². The SMILES string of the molecule is Nc1nc(N[C@H](Cn2ccnc2)c2ccccc2)c2cn[nH]c2n1. The van der Waals surface area contributed by atoms with Gasteiger partial charge in [-0.2, -0.15) is 15.1 Å². The summed E-state index contributed by atoms with van der Waals surface area (Å²) in [6, 6.07) is 10.2. The van der Waals surface area contributed by atoms with Crippen LogP contribution in [0.25, 0.3) is 11.0 Å². The number of nitrogen functional groups attached to an aromatic ring is 1. The van der Waals surface area contributed by atoms with E-state index < -0.39 is 0 Å². The molecule has 0 aliphatic carbocycles. The monoisotopic (exact) mass is 320 g/mol. The molecule has 1 atom stereocenters. The van der Waals surface area contributed by atoms with Crippen molar-refractivity contribution in [1.82, 2.24) is 29.7 Å². The van der Waals surface area contributed by atoms with Crippen molar-refractivity contribution in [2.45, 2.75) is 12.6 Å². The third kappa shape index (κ3) is 2.76. The summed E-state index contributed by atoms with van der Waals surface area (Å²) < 4.78 is 2.02. The van der Waals surface area contributed by atoms with E-state index in [-0.39, 0.29) is 12.0 Å². The number of aromatic nitrogens is 6. The molecule has 4 N–H and O–H groups in total. The van der Waals surface area contributed by atoms with Gasteiger partial charge in [0, 0.05) is 18.9 Å². The molecule has 1 aromatic carbocycles. The van der Waals surface area contributed by atoms with Crippen LogP contribution in [-0.2, 0) is 6.54 Å². The Morgan fingerprint density at radius 1 is 1.21 bits per heavy atom. The predicted octanol–water partition coefficient (Wildman–Crippen LogP) is 1.98. The Hall–Kier alpha value is -3.42.